The molecule has 7 nitrogen and oxygen atoms in total. The number of benzene rings is 1. The number of non-ortho nitro benzene ring substituents is 1. The van der Waals surface area contributed by atoms with Gasteiger partial charge in [-0.3, -0.25) is 14.9 Å². The molecule has 1 unspecified atom stereocenters. The van der Waals surface area contributed by atoms with Crippen molar-refractivity contribution in [2.24, 2.45) is 0 Å². The molecule has 32 heavy (non-hydrogen) atoms. The molecule has 0 bridgehead atoms. The van der Waals surface area contributed by atoms with Gasteiger partial charge in [0.25, 0.3) is 5.69 Å². The molecule has 1 aromatic carbocycles. The Hall–Kier alpha value is -2.56. The number of aromatic nitrogens is 2. The summed E-state index contributed by atoms with van der Waals surface area (Å²) in [6, 6.07) is 2.57. The second kappa shape index (κ2) is 9.51. The maximum absolute atomic E-state index is 13.4. The van der Waals surface area contributed by atoms with Gasteiger partial charge in [0.1, 0.15) is 0 Å². The number of imidazole rings is 1. The number of hydrogen-bond donors (Lipinski definition) is 1. The fourth-order valence-electron chi connectivity index (χ4n) is 3.88. The molecule has 1 aliphatic rings. The molecule has 174 valence electrons. The van der Waals surface area contributed by atoms with Gasteiger partial charge in [-0.15, -0.1) is 0 Å². The summed E-state index contributed by atoms with van der Waals surface area (Å²) in [5.74, 6) is -0.636. The number of amides is 1. The molecule has 0 radical (unpaired) electrons. The third-order valence-corrected chi connectivity index (χ3v) is 6.79. The number of nitrogens with zero attached hydrogens (tertiary/aromatic N) is 3. The van der Waals surface area contributed by atoms with E-state index in [-0.39, 0.29) is 0 Å². The van der Waals surface area contributed by atoms with E-state index in [2.05, 4.69) is 14.9 Å². The number of nitro benzene ring substituents is 1. The van der Waals surface area contributed by atoms with Gasteiger partial charge in [-0.25, -0.2) is 4.98 Å². The zero-order chi connectivity index (χ0) is 23.6. The van der Waals surface area contributed by atoms with Crippen LogP contribution in [0.25, 0.3) is 0 Å². The molecule has 1 amide bonds. The van der Waals surface area contributed by atoms with Crippen molar-refractivity contribution >= 4 is 29.0 Å². The topological polar surface area (TPSA) is 90.1 Å². The summed E-state index contributed by atoms with van der Waals surface area (Å²) in [5, 5.41) is 13.1. The van der Waals surface area contributed by atoms with Crippen LogP contribution in [0.2, 0.25) is 0 Å². The second-order valence-corrected chi connectivity index (χ2v) is 9.27. The molecule has 1 N–H and O–H groups in total. The summed E-state index contributed by atoms with van der Waals surface area (Å²) < 4.78 is 42.4. The Morgan fingerprint density at radius 1 is 1.28 bits per heavy atom. The van der Waals surface area contributed by atoms with Crippen LogP contribution in [0.15, 0.2) is 23.4 Å². The van der Waals surface area contributed by atoms with E-state index in [0.29, 0.717) is 17.3 Å². The lowest BCUT2D eigenvalue weighted by Crippen LogP contribution is -2.25. The normalized spacial score (nSPS) is 16.1. The average molecular weight is 471 g/mol. The van der Waals surface area contributed by atoms with Crippen molar-refractivity contribution < 1.29 is 22.9 Å². The van der Waals surface area contributed by atoms with E-state index >= 15 is 0 Å². The molecule has 1 heterocycles. The predicted molar refractivity (Wildman–Crippen MR) is 116 cm³/mol. The first-order chi connectivity index (χ1) is 15.0. The van der Waals surface area contributed by atoms with Crippen LogP contribution in [0, 0.1) is 24.0 Å². The highest BCUT2D eigenvalue weighted by molar-refractivity contribution is 8.00. The van der Waals surface area contributed by atoms with Crippen LogP contribution < -0.4 is 5.32 Å². The zero-order valence-corrected chi connectivity index (χ0v) is 18.8. The van der Waals surface area contributed by atoms with Crippen LogP contribution in [-0.4, -0.2) is 25.6 Å². The molecule has 3 rings (SSSR count). The Morgan fingerprint density at radius 2 is 1.94 bits per heavy atom. The zero-order valence-electron chi connectivity index (χ0n) is 18.0. The van der Waals surface area contributed by atoms with Gasteiger partial charge in [-0.1, -0.05) is 31.0 Å². The molecule has 1 aromatic heterocycles. The Balaban J connectivity index is 1.81. The molecule has 1 fully saturated rings. The molecular formula is C21H25F3N4O3S. The largest absolute Gasteiger partial charge is 0.418 e. The fraction of sp³-hybridized carbons (Fsp3) is 0.524. The highest BCUT2D eigenvalue weighted by Gasteiger charge is 2.36. The number of hydrogen-bond acceptors (Lipinski definition) is 5. The van der Waals surface area contributed by atoms with Crippen molar-refractivity contribution in [1.82, 2.24) is 9.55 Å². The van der Waals surface area contributed by atoms with Crippen molar-refractivity contribution in [2.75, 3.05) is 5.32 Å². The summed E-state index contributed by atoms with van der Waals surface area (Å²) in [6.45, 7) is 5.48. The SMILES string of the molecule is Cc1nc(SC(C)C(=O)Nc2ccc([N+](=O)[O-])cc2C(F)(F)F)n(C2CCCCC2)c1C. The molecule has 0 aliphatic heterocycles. The van der Waals surface area contributed by atoms with E-state index in [4.69, 9.17) is 0 Å². The van der Waals surface area contributed by atoms with Crippen LogP contribution in [0.4, 0.5) is 24.5 Å². The first kappa shape index (κ1) is 24.1. The Bertz CT molecular complexity index is 1020. The van der Waals surface area contributed by atoms with Crippen molar-refractivity contribution in [3.05, 3.63) is 45.3 Å². The number of halogens is 3. The van der Waals surface area contributed by atoms with Crippen LogP contribution in [0.5, 0.6) is 0 Å². The minimum atomic E-state index is -4.85. The molecule has 1 atom stereocenters. The number of alkyl halides is 3. The molecule has 2 aromatic rings. The summed E-state index contributed by atoms with van der Waals surface area (Å²) in [4.78, 5) is 27.3. The predicted octanol–water partition coefficient (Wildman–Crippen LogP) is 6.05. The Labute approximate surface area is 187 Å². The lowest BCUT2D eigenvalue weighted by Gasteiger charge is -2.26. The van der Waals surface area contributed by atoms with Crippen LogP contribution in [-0.2, 0) is 11.0 Å². The molecular weight excluding hydrogens is 445 g/mol. The monoisotopic (exact) mass is 470 g/mol. The minimum absolute atomic E-state index is 0.300. The average Bonchev–Trinajstić information content (AvgIpc) is 3.01. The second-order valence-electron chi connectivity index (χ2n) is 7.96. The quantitative estimate of drug-likeness (QED) is 0.315. The lowest BCUT2D eigenvalue weighted by atomic mass is 9.95. The minimum Gasteiger partial charge on any atom is -0.325 e. The molecule has 0 saturated heterocycles. The van der Waals surface area contributed by atoms with Gasteiger partial charge in [-0.05, 0) is 39.7 Å². The number of anilines is 1. The smallest absolute Gasteiger partial charge is 0.325 e. The molecule has 1 aliphatic carbocycles. The number of rotatable bonds is 6. The van der Waals surface area contributed by atoms with Crippen molar-refractivity contribution in [3.63, 3.8) is 0 Å². The number of thioether (sulfide) groups is 1. The van der Waals surface area contributed by atoms with Gasteiger partial charge in [0.2, 0.25) is 5.91 Å². The fourth-order valence-corrected chi connectivity index (χ4v) is 4.96. The number of carbonyl (C=O) groups is 1. The third-order valence-electron chi connectivity index (χ3n) is 5.72. The van der Waals surface area contributed by atoms with Gasteiger partial charge in [0.05, 0.1) is 27.1 Å². The highest BCUT2D eigenvalue weighted by atomic mass is 32.2. The van der Waals surface area contributed by atoms with E-state index in [1.54, 1.807) is 6.92 Å². The van der Waals surface area contributed by atoms with Crippen LogP contribution in [0.1, 0.15) is 62.0 Å². The molecule has 0 spiro atoms. The Morgan fingerprint density at radius 3 is 2.53 bits per heavy atom. The van der Waals surface area contributed by atoms with Gasteiger partial charge < -0.3 is 9.88 Å². The molecule has 11 heteroatoms. The standard InChI is InChI=1S/C21H25F3N4O3S/c1-12-13(2)27(15-7-5-4-6-8-15)20(25-12)32-14(3)19(29)26-18-10-9-16(28(30)31)11-17(18)21(22,23)24/h9-11,14-15H,4-8H2,1-3H3,(H,26,29). The summed E-state index contributed by atoms with van der Waals surface area (Å²) in [5.41, 5.74) is -0.573. The summed E-state index contributed by atoms with van der Waals surface area (Å²) >= 11 is 1.20. The van der Waals surface area contributed by atoms with Crippen LogP contribution in [0.3, 0.4) is 0 Å². The van der Waals surface area contributed by atoms with Crippen molar-refractivity contribution in [1.29, 1.82) is 0 Å². The van der Waals surface area contributed by atoms with Gasteiger partial charge >= 0.3 is 6.18 Å². The number of nitrogens with one attached hydrogen (secondary N) is 1. The van der Waals surface area contributed by atoms with Gasteiger partial charge in [0, 0.05) is 23.9 Å². The number of aryl methyl sites for hydroxylation is 1. The number of carbonyl (C=O) groups excluding carboxylic acids is 1. The van der Waals surface area contributed by atoms with Gasteiger partial charge in [-0.2, -0.15) is 13.2 Å². The third kappa shape index (κ3) is 5.25. The maximum Gasteiger partial charge on any atom is 0.418 e. The molecule has 1 saturated carbocycles. The lowest BCUT2D eigenvalue weighted by molar-refractivity contribution is -0.385. The van der Waals surface area contributed by atoms with E-state index in [9.17, 15) is 28.1 Å². The summed E-state index contributed by atoms with van der Waals surface area (Å²) in [6.07, 6.45) is 0.659. The van der Waals surface area contributed by atoms with E-state index < -0.39 is 39.2 Å². The number of nitro groups is 1. The van der Waals surface area contributed by atoms with E-state index in [1.165, 1.54) is 18.2 Å². The Kier molecular flexibility index (Phi) is 7.16. The van der Waals surface area contributed by atoms with E-state index in [1.807, 2.05) is 13.8 Å². The van der Waals surface area contributed by atoms with Crippen molar-refractivity contribution in [3.8, 4) is 0 Å². The van der Waals surface area contributed by atoms with Crippen molar-refractivity contribution in [2.45, 2.75) is 75.5 Å². The first-order valence-corrected chi connectivity index (χ1v) is 11.3. The highest BCUT2D eigenvalue weighted by Crippen LogP contribution is 2.38. The summed E-state index contributed by atoms with van der Waals surface area (Å²) in [7, 11) is 0. The first-order valence-electron chi connectivity index (χ1n) is 10.4. The van der Waals surface area contributed by atoms with Crippen LogP contribution >= 0.6 is 11.8 Å². The maximum atomic E-state index is 13.4. The van der Waals surface area contributed by atoms with E-state index in [0.717, 1.165) is 49.2 Å². The van der Waals surface area contributed by atoms with Gasteiger partial charge in [0.15, 0.2) is 5.16 Å².